The maximum absolute atomic E-state index is 5.67. The van der Waals surface area contributed by atoms with Gasteiger partial charge in [-0.3, -0.25) is 10.00 Å². The van der Waals surface area contributed by atoms with Gasteiger partial charge in [0.25, 0.3) is 0 Å². The Bertz CT molecular complexity index is 710. The van der Waals surface area contributed by atoms with Crippen molar-refractivity contribution in [2.24, 2.45) is 0 Å². The molecule has 0 bridgehead atoms. The number of hydrogen-bond acceptors (Lipinski definition) is 5. The average Bonchev–Trinajstić information content (AvgIpc) is 2.92. The Morgan fingerprint density at radius 3 is 2.78 bits per heavy atom. The predicted molar refractivity (Wildman–Crippen MR) is 91.0 cm³/mol. The van der Waals surface area contributed by atoms with Gasteiger partial charge in [0, 0.05) is 18.2 Å². The van der Waals surface area contributed by atoms with E-state index in [9.17, 15) is 0 Å². The summed E-state index contributed by atoms with van der Waals surface area (Å²) in [6.07, 6.45) is 0.240. The molecule has 0 spiro atoms. The number of nitrogens with one attached hydrogen (secondary N) is 1. The van der Waals surface area contributed by atoms with Gasteiger partial charge in [-0.05, 0) is 50.3 Å². The molecule has 0 amide bonds. The molecule has 2 aromatic rings. The maximum Gasteiger partial charge on any atom is 0.217 e. The van der Waals surface area contributed by atoms with Crippen molar-refractivity contribution in [1.82, 2.24) is 19.7 Å². The zero-order chi connectivity index (χ0) is 16.4. The van der Waals surface area contributed by atoms with Crippen LogP contribution < -0.4 is 4.74 Å². The summed E-state index contributed by atoms with van der Waals surface area (Å²) in [7, 11) is 1.65. The number of aromatic amines is 1. The van der Waals surface area contributed by atoms with Crippen molar-refractivity contribution in [3.8, 4) is 17.1 Å². The van der Waals surface area contributed by atoms with Crippen LogP contribution in [0.15, 0.2) is 24.3 Å². The number of methoxy groups -OCH3 is 1. The second kappa shape index (κ2) is 6.82. The standard InChI is InChI=1S/C16H22N4O2S/c1-11-9-22-12(2)8-19(11)10-20-16(23)17-15(18-20)13-4-6-14(21-3)7-5-13/h4-7,11-12H,8-10H2,1-3H3,(H,17,18,23)/t11-,12-/m0/s1. The van der Waals surface area contributed by atoms with E-state index in [2.05, 4.69) is 28.8 Å². The molecule has 1 fully saturated rings. The highest BCUT2D eigenvalue weighted by Crippen LogP contribution is 2.20. The van der Waals surface area contributed by atoms with Crippen LogP contribution in [-0.2, 0) is 11.4 Å². The van der Waals surface area contributed by atoms with Crippen LogP contribution in [-0.4, -0.2) is 52.1 Å². The number of rotatable bonds is 4. The van der Waals surface area contributed by atoms with Gasteiger partial charge in [-0.15, -0.1) is 0 Å². The molecule has 0 radical (unpaired) electrons. The van der Waals surface area contributed by atoms with Crippen molar-refractivity contribution in [3.63, 3.8) is 0 Å². The summed E-state index contributed by atoms with van der Waals surface area (Å²) < 4.78 is 13.3. The second-order valence-electron chi connectivity index (χ2n) is 5.92. The Labute approximate surface area is 141 Å². The van der Waals surface area contributed by atoms with Gasteiger partial charge in [-0.25, -0.2) is 4.68 Å². The number of aromatic nitrogens is 3. The fourth-order valence-corrected chi connectivity index (χ4v) is 2.88. The molecule has 0 unspecified atom stereocenters. The summed E-state index contributed by atoms with van der Waals surface area (Å²) in [6, 6.07) is 8.13. The molecule has 7 heteroatoms. The number of hydrogen-bond donors (Lipinski definition) is 1. The molecule has 1 saturated heterocycles. The highest BCUT2D eigenvalue weighted by atomic mass is 32.1. The maximum atomic E-state index is 5.67. The van der Waals surface area contributed by atoms with E-state index in [0.29, 0.717) is 17.5 Å². The van der Waals surface area contributed by atoms with E-state index in [-0.39, 0.29) is 6.10 Å². The third-order valence-corrected chi connectivity index (χ3v) is 4.41. The van der Waals surface area contributed by atoms with E-state index in [1.165, 1.54) is 0 Å². The number of benzene rings is 1. The zero-order valence-corrected chi connectivity index (χ0v) is 14.5. The highest BCUT2D eigenvalue weighted by molar-refractivity contribution is 7.71. The zero-order valence-electron chi connectivity index (χ0n) is 13.7. The first-order chi connectivity index (χ1) is 11.1. The third kappa shape index (κ3) is 3.63. The van der Waals surface area contributed by atoms with Gasteiger partial charge < -0.3 is 9.47 Å². The van der Waals surface area contributed by atoms with Crippen molar-refractivity contribution < 1.29 is 9.47 Å². The Hall–Kier alpha value is -1.70. The summed E-state index contributed by atoms with van der Waals surface area (Å²) >= 11 is 5.40. The second-order valence-corrected chi connectivity index (χ2v) is 6.28. The largest absolute Gasteiger partial charge is 0.497 e. The van der Waals surface area contributed by atoms with Crippen LogP contribution in [0, 0.1) is 4.77 Å². The lowest BCUT2D eigenvalue weighted by atomic mass is 10.2. The minimum absolute atomic E-state index is 0.240. The van der Waals surface area contributed by atoms with Crippen LogP contribution in [0.5, 0.6) is 5.75 Å². The smallest absolute Gasteiger partial charge is 0.217 e. The van der Waals surface area contributed by atoms with E-state index >= 15 is 0 Å². The molecule has 0 aliphatic carbocycles. The van der Waals surface area contributed by atoms with Gasteiger partial charge in [0.05, 0.1) is 26.5 Å². The molecule has 1 aromatic heterocycles. The Kier molecular flexibility index (Phi) is 4.79. The van der Waals surface area contributed by atoms with Crippen LogP contribution in [0.3, 0.4) is 0 Å². The lowest BCUT2D eigenvalue weighted by Gasteiger charge is -2.36. The minimum Gasteiger partial charge on any atom is -0.497 e. The van der Waals surface area contributed by atoms with Gasteiger partial charge in [0.1, 0.15) is 5.75 Å². The van der Waals surface area contributed by atoms with Crippen LogP contribution in [0.2, 0.25) is 0 Å². The van der Waals surface area contributed by atoms with Gasteiger partial charge in [-0.1, -0.05) is 0 Å². The molecule has 0 saturated carbocycles. The van der Waals surface area contributed by atoms with E-state index in [0.717, 1.165) is 30.3 Å². The number of ether oxygens (including phenoxy) is 2. The molecule has 2 atom stereocenters. The van der Waals surface area contributed by atoms with Gasteiger partial charge in [0.2, 0.25) is 4.77 Å². The molecular formula is C16H22N4O2S. The normalized spacial score (nSPS) is 22.2. The highest BCUT2D eigenvalue weighted by Gasteiger charge is 2.24. The fourth-order valence-electron chi connectivity index (χ4n) is 2.68. The molecule has 6 nitrogen and oxygen atoms in total. The molecule has 1 aliphatic heterocycles. The summed E-state index contributed by atoms with van der Waals surface area (Å²) in [5, 5.41) is 3.30. The monoisotopic (exact) mass is 334 g/mol. The van der Waals surface area contributed by atoms with E-state index < -0.39 is 0 Å². The van der Waals surface area contributed by atoms with Gasteiger partial charge in [0.15, 0.2) is 5.82 Å². The van der Waals surface area contributed by atoms with Crippen molar-refractivity contribution in [2.45, 2.75) is 32.7 Å². The predicted octanol–water partition coefficient (Wildman–Crippen LogP) is 2.68. The number of nitrogens with zero attached hydrogens (tertiary/aromatic N) is 3. The first-order valence-electron chi connectivity index (χ1n) is 7.73. The molecule has 3 rings (SSSR count). The SMILES string of the molecule is COc1ccc(-c2nc(=S)n(CN3C[C@H](C)OC[C@@H]3C)[nH]2)cc1. The van der Waals surface area contributed by atoms with Crippen molar-refractivity contribution in [3.05, 3.63) is 29.0 Å². The molecule has 124 valence electrons. The summed E-state index contributed by atoms with van der Waals surface area (Å²) in [4.78, 5) is 6.82. The quantitative estimate of drug-likeness (QED) is 0.871. The minimum atomic E-state index is 0.240. The molecule has 1 aliphatic rings. The summed E-state index contributed by atoms with van der Waals surface area (Å²) in [6.45, 7) is 6.58. The first-order valence-corrected chi connectivity index (χ1v) is 8.14. The Morgan fingerprint density at radius 2 is 2.09 bits per heavy atom. The van der Waals surface area contributed by atoms with Gasteiger partial charge >= 0.3 is 0 Å². The average molecular weight is 334 g/mol. The van der Waals surface area contributed by atoms with E-state index in [1.807, 2.05) is 28.9 Å². The van der Waals surface area contributed by atoms with Crippen molar-refractivity contribution in [1.29, 1.82) is 0 Å². The molecule has 2 heterocycles. The van der Waals surface area contributed by atoms with Crippen LogP contribution in [0.1, 0.15) is 13.8 Å². The lowest BCUT2D eigenvalue weighted by molar-refractivity contribution is -0.0624. The van der Waals surface area contributed by atoms with E-state index in [1.54, 1.807) is 7.11 Å². The third-order valence-electron chi connectivity index (χ3n) is 4.10. The molecule has 1 aromatic carbocycles. The lowest BCUT2D eigenvalue weighted by Crippen LogP contribution is -2.47. The Morgan fingerprint density at radius 1 is 1.35 bits per heavy atom. The van der Waals surface area contributed by atoms with Gasteiger partial charge in [-0.2, -0.15) is 4.98 Å². The van der Waals surface area contributed by atoms with Crippen molar-refractivity contribution >= 4 is 12.2 Å². The first kappa shape index (κ1) is 16.2. The topological polar surface area (TPSA) is 55.3 Å². The Balaban J connectivity index is 1.79. The fraction of sp³-hybridized carbons (Fsp3) is 0.500. The van der Waals surface area contributed by atoms with Crippen LogP contribution >= 0.6 is 12.2 Å². The molecule has 1 N–H and O–H groups in total. The van der Waals surface area contributed by atoms with Crippen molar-refractivity contribution in [2.75, 3.05) is 20.3 Å². The molecular weight excluding hydrogens is 312 g/mol. The number of morpholine rings is 1. The van der Waals surface area contributed by atoms with E-state index in [4.69, 9.17) is 21.7 Å². The number of H-pyrrole nitrogens is 1. The van der Waals surface area contributed by atoms with Crippen LogP contribution in [0.25, 0.3) is 11.4 Å². The molecule has 23 heavy (non-hydrogen) atoms. The van der Waals surface area contributed by atoms with Crippen LogP contribution in [0.4, 0.5) is 0 Å². The summed E-state index contributed by atoms with van der Waals surface area (Å²) in [5.41, 5.74) is 0.985. The summed E-state index contributed by atoms with van der Waals surface area (Å²) in [5.74, 6) is 1.59.